The molecule has 7 heteroatoms. The van der Waals surface area contributed by atoms with E-state index in [0.717, 1.165) is 17.5 Å². The number of hydrogen-bond donors (Lipinski definition) is 0. The molecule has 1 amide bonds. The van der Waals surface area contributed by atoms with E-state index in [4.69, 9.17) is 18.9 Å². The van der Waals surface area contributed by atoms with Gasteiger partial charge in [-0.3, -0.25) is 9.59 Å². The number of ether oxygens (including phenoxy) is 4. The molecule has 0 bridgehead atoms. The van der Waals surface area contributed by atoms with Crippen LogP contribution in [0.2, 0.25) is 0 Å². The molecule has 0 radical (unpaired) electrons. The third kappa shape index (κ3) is 4.82. The van der Waals surface area contributed by atoms with Gasteiger partial charge >= 0.3 is 5.97 Å². The van der Waals surface area contributed by atoms with Crippen LogP contribution in [0, 0.1) is 11.8 Å². The topological polar surface area (TPSA) is 74.3 Å². The summed E-state index contributed by atoms with van der Waals surface area (Å²) in [7, 11) is 1.53. The van der Waals surface area contributed by atoms with Crippen LogP contribution in [0.15, 0.2) is 48.5 Å². The smallest absolute Gasteiger partial charge is 0.309 e. The predicted molar refractivity (Wildman–Crippen MR) is 112 cm³/mol. The highest BCUT2D eigenvalue weighted by molar-refractivity contribution is 5.83. The molecule has 1 saturated carbocycles. The summed E-state index contributed by atoms with van der Waals surface area (Å²) in [5.74, 6) is 0.988. The standard InChI is InChI=1S/C24H27NO6/c1-3-29-24(27)19-12-18(19)14-25(13-16-9-10-20-21(11-16)31-15-30-20)23(26)22(28-2)17-7-5-4-6-8-17/h4-11,18-19,22H,3,12-15H2,1-2H3/t18-,19-,22-/m1/s1. The van der Waals surface area contributed by atoms with Crippen LogP contribution in [0.5, 0.6) is 11.5 Å². The molecule has 0 unspecified atom stereocenters. The fourth-order valence-corrected chi connectivity index (χ4v) is 3.94. The van der Waals surface area contributed by atoms with E-state index in [0.29, 0.717) is 31.2 Å². The van der Waals surface area contributed by atoms with Crippen LogP contribution in [0.4, 0.5) is 0 Å². The third-order valence-electron chi connectivity index (χ3n) is 5.65. The number of amides is 1. The second-order valence-electron chi connectivity index (χ2n) is 7.79. The van der Waals surface area contributed by atoms with Gasteiger partial charge in [-0.15, -0.1) is 0 Å². The normalized spacial score (nSPS) is 19.5. The lowest BCUT2D eigenvalue weighted by Crippen LogP contribution is -2.37. The maximum atomic E-state index is 13.5. The van der Waals surface area contributed by atoms with Gasteiger partial charge in [-0.05, 0) is 42.5 Å². The van der Waals surface area contributed by atoms with Gasteiger partial charge in [-0.25, -0.2) is 0 Å². The number of carbonyl (C=O) groups excluding carboxylic acids is 2. The molecule has 31 heavy (non-hydrogen) atoms. The van der Waals surface area contributed by atoms with Crippen molar-refractivity contribution in [2.45, 2.75) is 26.0 Å². The van der Waals surface area contributed by atoms with Crippen molar-refractivity contribution in [1.29, 1.82) is 0 Å². The van der Waals surface area contributed by atoms with Gasteiger partial charge in [-0.1, -0.05) is 36.4 Å². The molecule has 2 aromatic carbocycles. The SMILES string of the molecule is CCOC(=O)[C@@H]1C[C@@H]1CN(Cc1ccc2c(c1)OCO2)C(=O)[C@H](OC)c1ccccc1. The Morgan fingerprint density at radius 2 is 1.90 bits per heavy atom. The van der Waals surface area contributed by atoms with Crippen LogP contribution in [0.1, 0.15) is 30.6 Å². The first kappa shape index (κ1) is 21.2. The number of hydrogen-bond acceptors (Lipinski definition) is 6. The van der Waals surface area contributed by atoms with Crippen molar-refractivity contribution in [2.75, 3.05) is 27.1 Å². The quantitative estimate of drug-likeness (QED) is 0.574. The Morgan fingerprint density at radius 3 is 2.65 bits per heavy atom. The summed E-state index contributed by atoms with van der Waals surface area (Å²) < 4.78 is 21.6. The van der Waals surface area contributed by atoms with E-state index in [-0.39, 0.29) is 30.5 Å². The highest BCUT2D eigenvalue weighted by Crippen LogP contribution is 2.41. The van der Waals surface area contributed by atoms with E-state index in [9.17, 15) is 9.59 Å². The van der Waals surface area contributed by atoms with Crippen molar-refractivity contribution in [3.63, 3.8) is 0 Å². The fraction of sp³-hybridized carbons (Fsp3) is 0.417. The minimum Gasteiger partial charge on any atom is -0.466 e. The Labute approximate surface area is 181 Å². The summed E-state index contributed by atoms with van der Waals surface area (Å²) in [6.45, 7) is 3.21. The Hall–Kier alpha value is -3.06. The minimum absolute atomic E-state index is 0.0882. The molecule has 4 rings (SSSR count). The van der Waals surface area contributed by atoms with Crippen molar-refractivity contribution in [3.05, 3.63) is 59.7 Å². The first-order valence-electron chi connectivity index (χ1n) is 10.5. The van der Waals surface area contributed by atoms with Gasteiger partial charge in [0.2, 0.25) is 6.79 Å². The van der Waals surface area contributed by atoms with Gasteiger partial charge in [0.05, 0.1) is 12.5 Å². The molecule has 0 saturated heterocycles. The number of benzene rings is 2. The zero-order valence-electron chi connectivity index (χ0n) is 17.8. The Kier molecular flexibility index (Phi) is 6.42. The summed E-state index contributed by atoms with van der Waals surface area (Å²) in [5, 5.41) is 0. The number of fused-ring (bicyclic) bond motifs is 1. The molecule has 1 heterocycles. The highest BCUT2D eigenvalue weighted by atomic mass is 16.7. The molecule has 3 atom stereocenters. The van der Waals surface area contributed by atoms with E-state index < -0.39 is 6.10 Å². The van der Waals surface area contributed by atoms with Gasteiger partial charge in [0.25, 0.3) is 5.91 Å². The summed E-state index contributed by atoms with van der Waals surface area (Å²) in [5.41, 5.74) is 1.72. The zero-order valence-corrected chi connectivity index (χ0v) is 17.8. The number of carbonyl (C=O) groups is 2. The summed E-state index contributed by atoms with van der Waals surface area (Å²) in [4.78, 5) is 27.4. The largest absolute Gasteiger partial charge is 0.466 e. The maximum absolute atomic E-state index is 13.5. The zero-order chi connectivity index (χ0) is 21.8. The molecule has 164 valence electrons. The molecule has 2 aliphatic rings. The van der Waals surface area contributed by atoms with Gasteiger partial charge in [0.1, 0.15) is 0 Å². The number of nitrogens with zero attached hydrogens (tertiary/aromatic N) is 1. The van der Waals surface area contributed by atoms with E-state index >= 15 is 0 Å². The lowest BCUT2D eigenvalue weighted by Gasteiger charge is -2.27. The molecule has 1 aliphatic heterocycles. The monoisotopic (exact) mass is 425 g/mol. The second kappa shape index (κ2) is 9.39. The molecule has 0 N–H and O–H groups in total. The molecular weight excluding hydrogens is 398 g/mol. The van der Waals surface area contributed by atoms with Crippen molar-refractivity contribution >= 4 is 11.9 Å². The van der Waals surface area contributed by atoms with Gasteiger partial charge in [0, 0.05) is 20.2 Å². The molecule has 0 spiro atoms. The van der Waals surface area contributed by atoms with Gasteiger partial charge < -0.3 is 23.8 Å². The average Bonchev–Trinajstić information content (AvgIpc) is 3.40. The van der Waals surface area contributed by atoms with Crippen LogP contribution < -0.4 is 9.47 Å². The van der Waals surface area contributed by atoms with Crippen LogP contribution in [-0.4, -0.2) is 43.8 Å². The molecule has 1 aliphatic carbocycles. The van der Waals surface area contributed by atoms with Crippen molar-refractivity contribution < 1.29 is 28.5 Å². The Morgan fingerprint density at radius 1 is 1.13 bits per heavy atom. The van der Waals surface area contributed by atoms with E-state index in [2.05, 4.69) is 0 Å². The molecule has 2 aromatic rings. The number of esters is 1. The summed E-state index contributed by atoms with van der Waals surface area (Å²) in [6.07, 6.45) is 0.0159. The van der Waals surface area contributed by atoms with E-state index in [1.165, 1.54) is 7.11 Å². The van der Waals surface area contributed by atoms with E-state index in [1.54, 1.807) is 11.8 Å². The number of rotatable bonds is 9. The van der Waals surface area contributed by atoms with Crippen molar-refractivity contribution in [1.82, 2.24) is 4.90 Å². The minimum atomic E-state index is -0.713. The Balaban J connectivity index is 1.53. The summed E-state index contributed by atoms with van der Waals surface area (Å²) >= 11 is 0. The molecule has 1 fully saturated rings. The first-order valence-corrected chi connectivity index (χ1v) is 10.5. The Bertz CT molecular complexity index is 931. The highest BCUT2D eigenvalue weighted by Gasteiger charge is 2.46. The summed E-state index contributed by atoms with van der Waals surface area (Å²) in [6, 6.07) is 15.1. The maximum Gasteiger partial charge on any atom is 0.309 e. The van der Waals surface area contributed by atoms with E-state index in [1.807, 2.05) is 48.5 Å². The van der Waals surface area contributed by atoms with Gasteiger partial charge in [0.15, 0.2) is 17.6 Å². The lowest BCUT2D eigenvalue weighted by molar-refractivity contribution is -0.147. The van der Waals surface area contributed by atoms with Gasteiger partial charge in [-0.2, -0.15) is 0 Å². The molecule has 7 nitrogen and oxygen atoms in total. The fourth-order valence-electron chi connectivity index (χ4n) is 3.94. The molecular formula is C24H27NO6. The second-order valence-corrected chi connectivity index (χ2v) is 7.79. The van der Waals surface area contributed by atoms with Crippen LogP contribution in [-0.2, 0) is 25.6 Å². The number of methoxy groups -OCH3 is 1. The predicted octanol–water partition coefficient (Wildman–Crippen LogP) is 3.33. The van der Waals surface area contributed by atoms with Crippen molar-refractivity contribution in [3.8, 4) is 11.5 Å². The van der Waals surface area contributed by atoms with Crippen LogP contribution >= 0.6 is 0 Å². The first-order chi connectivity index (χ1) is 15.1. The van der Waals surface area contributed by atoms with Crippen LogP contribution in [0.25, 0.3) is 0 Å². The van der Waals surface area contributed by atoms with Crippen LogP contribution in [0.3, 0.4) is 0 Å². The third-order valence-corrected chi connectivity index (χ3v) is 5.65. The average molecular weight is 425 g/mol. The lowest BCUT2D eigenvalue weighted by atomic mass is 10.1. The van der Waals surface area contributed by atoms with Crippen molar-refractivity contribution in [2.24, 2.45) is 11.8 Å². The molecule has 0 aromatic heterocycles.